The zero-order valence-corrected chi connectivity index (χ0v) is 9.53. The SMILES string of the molecule is C[C@H](CCCC(C)(C)Cl)CC(N)=O. The van der Waals surface area contributed by atoms with Crippen molar-refractivity contribution in [3.8, 4) is 0 Å². The highest BCUT2D eigenvalue weighted by molar-refractivity contribution is 6.23. The van der Waals surface area contributed by atoms with E-state index < -0.39 is 0 Å². The molecule has 0 saturated heterocycles. The van der Waals surface area contributed by atoms with Crippen LogP contribution in [-0.4, -0.2) is 10.8 Å². The summed E-state index contributed by atoms with van der Waals surface area (Å²) in [5.74, 6) is 0.175. The molecule has 1 amide bonds. The number of carbonyl (C=O) groups is 1. The van der Waals surface area contributed by atoms with Gasteiger partial charge in [-0.3, -0.25) is 4.79 Å². The monoisotopic (exact) mass is 205 g/mol. The van der Waals surface area contributed by atoms with Gasteiger partial charge in [0.25, 0.3) is 0 Å². The maximum atomic E-state index is 10.6. The number of hydrogen-bond donors (Lipinski definition) is 1. The second-order valence-corrected chi connectivity index (χ2v) is 5.41. The van der Waals surface area contributed by atoms with Crippen LogP contribution in [0.25, 0.3) is 0 Å². The fourth-order valence-corrected chi connectivity index (χ4v) is 1.45. The van der Waals surface area contributed by atoms with Gasteiger partial charge in [0.1, 0.15) is 0 Å². The van der Waals surface area contributed by atoms with Crippen LogP contribution in [0, 0.1) is 5.92 Å². The number of rotatable bonds is 6. The van der Waals surface area contributed by atoms with Gasteiger partial charge in [-0.1, -0.05) is 19.8 Å². The van der Waals surface area contributed by atoms with Crippen molar-refractivity contribution in [2.45, 2.75) is 51.3 Å². The lowest BCUT2D eigenvalue weighted by atomic mass is 9.97. The van der Waals surface area contributed by atoms with Gasteiger partial charge in [-0.15, -0.1) is 11.6 Å². The Morgan fingerprint density at radius 3 is 2.46 bits per heavy atom. The molecule has 0 aromatic rings. The van der Waals surface area contributed by atoms with Crippen molar-refractivity contribution in [3.63, 3.8) is 0 Å². The smallest absolute Gasteiger partial charge is 0.217 e. The fourth-order valence-electron chi connectivity index (χ4n) is 1.32. The van der Waals surface area contributed by atoms with E-state index in [0.29, 0.717) is 12.3 Å². The van der Waals surface area contributed by atoms with Crippen LogP contribution >= 0.6 is 11.6 Å². The summed E-state index contributed by atoms with van der Waals surface area (Å²) in [7, 11) is 0. The van der Waals surface area contributed by atoms with Gasteiger partial charge in [-0.25, -0.2) is 0 Å². The second kappa shape index (κ2) is 5.48. The third kappa shape index (κ3) is 9.68. The number of alkyl halides is 1. The van der Waals surface area contributed by atoms with Crippen LogP contribution in [0.15, 0.2) is 0 Å². The molecule has 0 saturated carbocycles. The van der Waals surface area contributed by atoms with Gasteiger partial charge in [0.2, 0.25) is 5.91 Å². The zero-order valence-electron chi connectivity index (χ0n) is 8.77. The summed E-state index contributed by atoms with van der Waals surface area (Å²) in [4.78, 5) is 10.4. The fraction of sp³-hybridized carbons (Fsp3) is 0.900. The van der Waals surface area contributed by atoms with Gasteiger partial charge in [0.15, 0.2) is 0 Å². The molecular weight excluding hydrogens is 186 g/mol. The molecule has 0 unspecified atom stereocenters. The van der Waals surface area contributed by atoms with E-state index >= 15 is 0 Å². The highest BCUT2D eigenvalue weighted by Gasteiger charge is 2.13. The Hall–Kier alpha value is -0.240. The summed E-state index contributed by atoms with van der Waals surface area (Å²) in [6.45, 7) is 6.06. The number of nitrogens with two attached hydrogens (primary N) is 1. The third-order valence-corrected chi connectivity index (χ3v) is 2.21. The van der Waals surface area contributed by atoms with Crippen molar-refractivity contribution in [2.75, 3.05) is 0 Å². The van der Waals surface area contributed by atoms with Crippen molar-refractivity contribution in [1.82, 2.24) is 0 Å². The third-order valence-electron chi connectivity index (χ3n) is 2.02. The first-order chi connectivity index (χ1) is 5.81. The van der Waals surface area contributed by atoms with E-state index in [0.717, 1.165) is 19.3 Å². The summed E-state index contributed by atoms with van der Waals surface area (Å²) in [5.41, 5.74) is 5.09. The van der Waals surface area contributed by atoms with Crippen molar-refractivity contribution < 1.29 is 4.79 Å². The summed E-state index contributed by atoms with van der Waals surface area (Å²) in [6.07, 6.45) is 3.56. The highest BCUT2D eigenvalue weighted by atomic mass is 35.5. The van der Waals surface area contributed by atoms with Crippen molar-refractivity contribution in [2.24, 2.45) is 11.7 Å². The van der Waals surface area contributed by atoms with Crippen LogP contribution in [0.1, 0.15) is 46.5 Å². The van der Waals surface area contributed by atoms with Crippen LogP contribution in [-0.2, 0) is 4.79 Å². The van der Waals surface area contributed by atoms with Gasteiger partial charge in [0, 0.05) is 11.3 Å². The van der Waals surface area contributed by atoms with Crippen LogP contribution in [0.4, 0.5) is 0 Å². The molecule has 0 spiro atoms. The molecule has 2 N–H and O–H groups in total. The lowest BCUT2D eigenvalue weighted by molar-refractivity contribution is -0.118. The van der Waals surface area contributed by atoms with Crippen LogP contribution in [0.3, 0.4) is 0 Å². The molecule has 0 aliphatic rings. The maximum Gasteiger partial charge on any atom is 0.217 e. The van der Waals surface area contributed by atoms with Gasteiger partial charge in [0.05, 0.1) is 0 Å². The predicted molar refractivity (Wildman–Crippen MR) is 56.8 cm³/mol. The van der Waals surface area contributed by atoms with Gasteiger partial charge in [-0.05, 0) is 26.2 Å². The Bertz CT molecular complexity index is 163. The second-order valence-electron chi connectivity index (χ2n) is 4.39. The Kier molecular flexibility index (Phi) is 5.38. The van der Waals surface area contributed by atoms with Gasteiger partial charge in [-0.2, -0.15) is 0 Å². The zero-order chi connectivity index (χ0) is 10.5. The summed E-state index contributed by atoms with van der Waals surface area (Å²) in [6, 6.07) is 0. The minimum atomic E-state index is -0.211. The Morgan fingerprint density at radius 1 is 1.54 bits per heavy atom. The largest absolute Gasteiger partial charge is 0.370 e. The van der Waals surface area contributed by atoms with E-state index in [-0.39, 0.29) is 10.8 Å². The quantitative estimate of drug-likeness (QED) is 0.666. The minimum Gasteiger partial charge on any atom is -0.370 e. The topological polar surface area (TPSA) is 43.1 Å². The Morgan fingerprint density at radius 2 is 2.08 bits per heavy atom. The van der Waals surface area contributed by atoms with Gasteiger partial charge < -0.3 is 5.73 Å². The maximum absolute atomic E-state index is 10.6. The Balaban J connectivity index is 3.48. The lowest BCUT2D eigenvalue weighted by Gasteiger charge is -2.16. The number of halogens is 1. The van der Waals surface area contributed by atoms with E-state index in [4.69, 9.17) is 17.3 Å². The molecule has 0 aliphatic heterocycles. The molecule has 3 heteroatoms. The van der Waals surface area contributed by atoms with Crippen LogP contribution in [0.2, 0.25) is 0 Å². The normalized spacial score (nSPS) is 14.2. The molecule has 0 fully saturated rings. The van der Waals surface area contributed by atoms with E-state index in [1.807, 2.05) is 20.8 Å². The molecule has 1 atom stereocenters. The number of primary amides is 1. The molecule has 0 bridgehead atoms. The van der Waals surface area contributed by atoms with E-state index in [2.05, 4.69) is 0 Å². The average Bonchev–Trinajstić information content (AvgIpc) is 1.81. The summed E-state index contributed by atoms with van der Waals surface area (Å²) >= 11 is 6.03. The minimum absolute atomic E-state index is 0.119. The highest BCUT2D eigenvalue weighted by Crippen LogP contribution is 2.22. The molecule has 13 heavy (non-hydrogen) atoms. The van der Waals surface area contributed by atoms with E-state index in [9.17, 15) is 4.79 Å². The van der Waals surface area contributed by atoms with Crippen molar-refractivity contribution in [1.29, 1.82) is 0 Å². The average molecular weight is 206 g/mol. The van der Waals surface area contributed by atoms with Gasteiger partial charge >= 0.3 is 0 Å². The number of amides is 1. The van der Waals surface area contributed by atoms with Crippen LogP contribution < -0.4 is 5.73 Å². The van der Waals surface area contributed by atoms with Crippen molar-refractivity contribution in [3.05, 3.63) is 0 Å². The lowest BCUT2D eigenvalue weighted by Crippen LogP contribution is -2.15. The number of hydrogen-bond acceptors (Lipinski definition) is 1. The summed E-state index contributed by atoms with van der Waals surface area (Å²) < 4.78 is 0. The number of carbonyl (C=O) groups excluding carboxylic acids is 1. The van der Waals surface area contributed by atoms with Crippen molar-refractivity contribution >= 4 is 17.5 Å². The predicted octanol–water partition coefficient (Wildman–Crippen LogP) is 2.69. The molecule has 0 aromatic carbocycles. The molecule has 78 valence electrons. The summed E-state index contributed by atoms with van der Waals surface area (Å²) in [5, 5.41) is 0. The Labute approximate surface area is 85.8 Å². The van der Waals surface area contributed by atoms with E-state index in [1.54, 1.807) is 0 Å². The first kappa shape index (κ1) is 12.8. The molecule has 0 radical (unpaired) electrons. The van der Waals surface area contributed by atoms with E-state index in [1.165, 1.54) is 0 Å². The molecule has 0 rings (SSSR count). The first-order valence-corrected chi connectivity index (χ1v) is 5.16. The molecular formula is C10H20ClNO. The molecule has 2 nitrogen and oxygen atoms in total. The first-order valence-electron chi connectivity index (χ1n) is 4.78. The molecule has 0 aromatic heterocycles. The molecule has 0 aliphatic carbocycles. The standard InChI is InChI=1S/C10H20ClNO/c1-8(7-9(12)13)5-4-6-10(2,3)11/h8H,4-7H2,1-3H3,(H2,12,13)/t8-/m1/s1. The molecule has 0 heterocycles. The van der Waals surface area contributed by atoms with Crippen LogP contribution in [0.5, 0.6) is 0 Å².